The highest BCUT2D eigenvalue weighted by Crippen LogP contribution is 1.79. The van der Waals surface area contributed by atoms with Crippen LogP contribution in [0.25, 0.3) is 0 Å². The fourth-order valence-corrected chi connectivity index (χ4v) is 0.893. The lowest BCUT2D eigenvalue weighted by Crippen LogP contribution is -2.34. The van der Waals surface area contributed by atoms with Crippen molar-refractivity contribution in [1.82, 2.24) is 4.72 Å². The van der Waals surface area contributed by atoms with E-state index in [9.17, 15) is 8.42 Å². The summed E-state index contributed by atoms with van der Waals surface area (Å²) < 4.78 is 23.5. The Morgan fingerprint density at radius 1 is 1.73 bits per heavy atom. The summed E-state index contributed by atoms with van der Waals surface area (Å²) in [6.45, 7) is 1.33. The molecule has 0 atom stereocenters. The Bertz CT molecular complexity index is 233. The number of oxime groups is 1. The fourth-order valence-electron chi connectivity index (χ4n) is 0.321. The van der Waals surface area contributed by atoms with Crippen LogP contribution in [-0.2, 0) is 10.0 Å². The largest absolute Gasteiger partial charge is 0.409 e. The summed E-state index contributed by atoms with van der Waals surface area (Å²) in [4.78, 5) is 0. The maximum absolute atomic E-state index is 10.7. The maximum Gasteiger partial charge on any atom is 0.211 e. The Morgan fingerprint density at radius 2 is 2.27 bits per heavy atom. The van der Waals surface area contributed by atoms with Crippen molar-refractivity contribution in [2.75, 3.05) is 12.3 Å². The van der Waals surface area contributed by atoms with Gasteiger partial charge in [-0.15, -0.1) is 0 Å². The second-order valence-corrected chi connectivity index (χ2v) is 3.91. The molecule has 0 aromatic heterocycles. The van der Waals surface area contributed by atoms with E-state index in [1.165, 1.54) is 6.92 Å². The zero-order chi connectivity index (χ0) is 8.91. The highest BCUT2D eigenvalue weighted by Gasteiger charge is 2.05. The minimum Gasteiger partial charge on any atom is -0.409 e. The van der Waals surface area contributed by atoms with Crippen molar-refractivity contribution in [3.05, 3.63) is 0 Å². The summed E-state index contributed by atoms with van der Waals surface area (Å²) in [5.74, 6) is -0.187. The molecule has 4 N–H and O–H groups in total. The molecule has 0 amide bonds. The Balaban J connectivity index is 3.91. The van der Waals surface area contributed by atoms with Gasteiger partial charge in [-0.05, 0) is 6.92 Å². The lowest BCUT2D eigenvalue weighted by molar-refractivity contribution is 0.317. The number of nitrogens with two attached hydrogens (primary N) is 1. The van der Waals surface area contributed by atoms with E-state index in [-0.39, 0.29) is 18.1 Å². The van der Waals surface area contributed by atoms with E-state index in [2.05, 4.69) is 9.88 Å². The summed E-state index contributed by atoms with van der Waals surface area (Å²) >= 11 is 0. The number of sulfonamides is 1. The van der Waals surface area contributed by atoms with Gasteiger partial charge in [-0.25, -0.2) is 13.1 Å². The molecule has 0 saturated heterocycles. The number of amidine groups is 1. The predicted molar refractivity (Wildman–Crippen MR) is 40.9 cm³/mol. The third kappa shape index (κ3) is 4.57. The third-order valence-corrected chi connectivity index (χ3v) is 2.33. The molecule has 0 aromatic rings. The van der Waals surface area contributed by atoms with Gasteiger partial charge in [0.05, 0.1) is 12.3 Å². The zero-order valence-corrected chi connectivity index (χ0v) is 6.93. The first-order valence-corrected chi connectivity index (χ1v) is 4.60. The molecule has 0 radical (unpaired) electrons. The van der Waals surface area contributed by atoms with Gasteiger partial charge in [-0.3, -0.25) is 0 Å². The van der Waals surface area contributed by atoms with Crippen molar-refractivity contribution in [2.45, 2.75) is 6.92 Å². The lowest BCUT2D eigenvalue weighted by Gasteiger charge is -2.01. The number of hydrogen-bond acceptors (Lipinski definition) is 4. The maximum atomic E-state index is 10.7. The van der Waals surface area contributed by atoms with Gasteiger partial charge in [0.25, 0.3) is 0 Å². The molecule has 0 saturated carbocycles. The standard InChI is InChI=1S/C4H11N3O3S/c1-2-11(9,10)6-3-4(5)7-8/h6,8H,2-3H2,1H3,(H2,5,7). The van der Waals surface area contributed by atoms with Gasteiger partial charge in [0, 0.05) is 0 Å². The van der Waals surface area contributed by atoms with E-state index in [1.54, 1.807) is 0 Å². The average Bonchev–Trinajstić information content (AvgIpc) is 2.00. The first-order valence-electron chi connectivity index (χ1n) is 2.95. The molecular formula is C4H11N3O3S. The van der Waals surface area contributed by atoms with Crippen LogP contribution in [0.2, 0.25) is 0 Å². The molecule has 0 fully saturated rings. The van der Waals surface area contributed by atoms with E-state index in [1.807, 2.05) is 0 Å². The van der Waals surface area contributed by atoms with Gasteiger partial charge in [0.2, 0.25) is 10.0 Å². The van der Waals surface area contributed by atoms with Crippen LogP contribution in [-0.4, -0.2) is 31.8 Å². The van der Waals surface area contributed by atoms with Crippen LogP contribution in [0.1, 0.15) is 6.92 Å². The van der Waals surface area contributed by atoms with E-state index in [0.717, 1.165) is 0 Å². The number of nitrogens with one attached hydrogen (secondary N) is 1. The highest BCUT2D eigenvalue weighted by molar-refractivity contribution is 7.89. The molecule has 0 aromatic carbocycles. The molecule has 11 heavy (non-hydrogen) atoms. The van der Waals surface area contributed by atoms with Gasteiger partial charge >= 0.3 is 0 Å². The Morgan fingerprint density at radius 3 is 2.64 bits per heavy atom. The second kappa shape index (κ2) is 4.14. The van der Waals surface area contributed by atoms with Crippen molar-refractivity contribution in [3.8, 4) is 0 Å². The van der Waals surface area contributed by atoms with Crippen molar-refractivity contribution >= 4 is 15.9 Å². The predicted octanol–water partition coefficient (Wildman–Crippen LogP) is -1.33. The average molecular weight is 181 g/mol. The first kappa shape index (κ1) is 10.2. The molecule has 0 aliphatic carbocycles. The number of rotatable bonds is 4. The van der Waals surface area contributed by atoms with E-state index >= 15 is 0 Å². The molecule has 7 heteroatoms. The number of nitrogens with zero attached hydrogens (tertiary/aromatic N) is 1. The van der Waals surface area contributed by atoms with E-state index in [4.69, 9.17) is 10.9 Å². The molecule has 0 unspecified atom stereocenters. The highest BCUT2D eigenvalue weighted by atomic mass is 32.2. The fraction of sp³-hybridized carbons (Fsp3) is 0.750. The Kier molecular flexibility index (Phi) is 3.83. The van der Waals surface area contributed by atoms with Gasteiger partial charge < -0.3 is 10.9 Å². The molecule has 0 bridgehead atoms. The van der Waals surface area contributed by atoms with Crippen LogP contribution < -0.4 is 10.5 Å². The molecule has 0 rings (SSSR count). The molecule has 0 heterocycles. The van der Waals surface area contributed by atoms with Crippen LogP contribution in [0.3, 0.4) is 0 Å². The van der Waals surface area contributed by atoms with Crippen molar-refractivity contribution < 1.29 is 13.6 Å². The molecular weight excluding hydrogens is 170 g/mol. The minimum atomic E-state index is -3.25. The zero-order valence-electron chi connectivity index (χ0n) is 6.11. The number of hydrogen-bond donors (Lipinski definition) is 3. The van der Waals surface area contributed by atoms with Crippen molar-refractivity contribution in [1.29, 1.82) is 0 Å². The van der Waals surface area contributed by atoms with Gasteiger partial charge in [0.15, 0.2) is 5.84 Å². The summed E-state index contributed by atoms with van der Waals surface area (Å²) in [5, 5.41) is 10.6. The van der Waals surface area contributed by atoms with Crippen molar-refractivity contribution in [3.63, 3.8) is 0 Å². The quantitative estimate of drug-likeness (QED) is 0.216. The van der Waals surface area contributed by atoms with E-state index < -0.39 is 10.0 Å². The molecule has 0 aliphatic rings. The monoisotopic (exact) mass is 181 g/mol. The third-order valence-electron chi connectivity index (χ3n) is 0.982. The first-order chi connectivity index (χ1) is 5.02. The normalized spacial score (nSPS) is 13.4. The topological polar surface area (TPSA) is 105 Å². The van der Waals surface area contributed by atoms with Gasteiger partial charge in [-0.1, -0.05) is 5.16 Å². The van der Waals surface area contributed by atoms with E-state index in [0.29, 0.717) is 0 Å². The molecule has 0 spiro atoms. The SMILES string of the molecule is CCS(=O)(=O)NC/C(N)=N/O. The summed E-state index contributed by atoms with van der Waals surface area (Å²) in [7, 11) is -3.25. The molecule has 6 nitrogen and oxygen atoms in total. The van der Waals surface area contributed by atoms with Crippen LogP contribution in [0, 0.1) is 0 Å². The van der Waals surface area contributed by atoms with Crippen LogP contribution in [0.5, 0.6) is 0 Å². The molecule has 0 aliphatic heterocycles. The Labute approximate surface area is 65.1 Å². The summed E-state index contributed by atoms with van der Waals surface area (Å²) in [5.41, 5.74) is 5.01. The summed E-state index contributed by atoms with van der Waals surface area (Å²) in [6, 6.07) is 0. The second-order valence-electron chi connectivity index (χ2n) is 1.82. The Hall–Kier alpha value is -0.820. The van der Waals surface area contributed by atoms with Gasteiger partial charge in [-0.2, -0.15) is 0 Å². The summed E-state index contributed by atoms with van der Waals surface area (Å²) in [6.07, 6.45) is 0. The molecule has 66 valence electrons. The minimum absolute atomic E-state index is 0.0221. The van der Waals surface area contributed by atoms with Crippen LogP contribution in [0.15, 0.2) is 5.16 Å². The lowest BCUT2D eigenvalue weighted by atomic mass is 10.6. The van der Waals surface area contributed by atoms with Crippen molar-refractivity contribution in [2.24, 2.45) is 10.9 Å². The smallest absolute Gasteiger partial charge is 0.211 e. The van der Waals surface area contributed by atoms with Crippen LogP contribution >= 0.6 is 0 Å². The van der Waals surface area contributed by atoms with Gasteiger partial charge in [0.1, 0.15) is 0 Å². The van der Waals surface area contributed by atoms with Crippen LogP contribution in [0.4, 0.5) is 0 Å².